The molecule has 0 fully saturated rings. The fraction of sp³-hybridized carbons (Fsp3) is 0.263. The number of benzene rings is 2. The lowest BCUT2D eigenvalue weighted by molar-refractivity contribution is -0.139. The molecule has 0 aliphatic heterocycles. The molecular weight excluding hydrogens is 420 g/mol. The van der Waals surface area contributed by atoms with Gasteiger partial charge in [0.05, 0.1) is 15.6 Å². The Labute approximate surface area is 172 Å². The van der Waals surface area contributed by atoms with Crippen LogP contribution in [0.25, 0.3) is 11.1 Å². The second-order valence-electron chi connectivity index (χ2n) is 7.33. The van der Waals surface area contributed by atoms with E-state index in [9.17, 15) is 13.2 Å². The highest BCUT2D eigenvalue weighted by Crippen LogP contribution is 2.30. The van der Waals surface area contributed by atoms with Crippen molar-refractivity contribution in [1.29, 1.82) is 0 Å². The quantitative estimate of drug-likeness (QED) is 0.595. The summed E-state index contributed by atoms with van der Waals surface area (Å²) in [5.74, 6) is -0.541. The number of fused-ring (bicyclic) bond motifs is 1. The third kappa shape index (κ3) is 4.80. The van der Waals surface area contributed by atoms with Gasteiger partial charge in [0.2, 0.25) is 5.89 Å². The minimum Gasteiger partial charge on any atom is -0.480 e. The van der Waals surface area contributed by atoms with Gasteiger partial charge in [0.15, 0.2) is 12.2 Å². The second kappa shape index (κ2) is 7.57. The Kier molecular flexibility index (Phi) is 5.46. The van der Waals surface area contributed by atoms with Gasteiger partial charge in [0.25, 0.3) is 10.0 Å². The molecule has 10 heteroatoms. The summed E-state index contributed by atoms with van der Waals surface area (Å²) in [6.07, 6.45) is 0. The van der Waals surface area contributed by atoms with Crippen molar-refractivity contribution < 1.29 is 27.5 Å². The van der Waals surface area contributed by atoms with Crippen LogP contribution in [-0.2, 0) is 20.2 Å². The lowest BCUT2D eigenvalue weighted by atomic mass is 9.97. The lowest BCUT2D eigenvalue weighted by Gasteiger charge is -2.11. The van der Waals surface area contributed by atoms with Gasteiger partial charge in [-0.3, -0.25) is 4.72 Å². The molecule has 0 unspecified atom stereocenters. The van der Waals surface area contributed by atoms with Gasteiger partial charge in [-0.2, -0.15) is 0 Å². The van der Waals surface area contributed by atoms with Crippen molar-refractivity contribution in [3.05, 3.63) is 47.3 Å². The Morgan fingerprint density at radius 1 is 1.24 bits per heavy atom. The SMILES string of the molecule is CC(C)(C)c1nc2cc(NS(=O)(=O)c3ccc(OCC(=O)O)c(Cl)c3)ccc2o1. The highest BCUT2D eigenvalue weighted by atomic mass is 35.5. The van der Waals surface area contributed by atoms with Gasteiger partial charge in [0.1, 0.15) is 11.3 Å². The predicted molar refractivity (Wildman–Crippen MR) is 108 cm³/mol. The first-order valence-electron chi connectivity index (χ1n) is 8.54. The summed E-state index contributed by atoms with van der Waals surface area (Å²) in [5.41, 5.74) is 1.12. The van der Waals surface area contributed by atoms with Crippen LogP contribution in [0.5, 0.6) is 5.75 Å². The van der Waals surface area contributed by atoms with Gasteiger partial charge in [-0.1, -0.05) is 32.4 Å². The summed E-state index contributed by atoms with van der Waals surface area (Å²) in [5, 5.41) is 8.63. The van der Waals surface area contributed by atoms with Gasteiger partial charge in [-0.05, 0) is 36.4 Å². The molecule has 0 saturated carbocycles. The number of carboxylic acids is 1. The summed E-state index contributed by atoms with van der Waals surface area (Å²) < 4.78 is 38.5. The number of oxazole rings is 1. The van der Waals surface area contributed by atoms with Crippen molar-refractivity contribution >= 4 is 44.4 Å². The first-order chi connectivity index (χ1) is 13.5. The van der Waals surface area contributed by atoms with E-state index in [0.717, 1.165) is 0 Å². The molecule has 0 aliphatic rings. The van der Waals surface area contributed by atoms with Crippen molar-refractivity contribution in [2.45, 2.75) is 31.1 Å². The number of carbonyl (C=O) groups is 1. The number of aliphatic carboxylic acids is 1. The molecule has 0 bridgehead atoms. The highest BCUT2D eigenvalue weighted by molar-refractivity contribution is 7.92. The van der Waals surface area contributed by atoms with Gasteiger partial charge >= 0.3 is 5.97 Å². The van der Waals surface area contributed by atoms with E-state index in [1.54, 1.807) is 18.2 Å². The van der Waals surface area contributed by atoms with Crippen LogP contribution >= 0.6 is 11.6 Å². The van der Waals surface area contributed by atoms with Crippen LogP contribution in [0.1, 0.15) is 26.7 Å². The zero-order valence-corrected chi connectivity index (χ0v) is 17.5. The highest BCUT2D eigenvalue weighted by Gasteiger charge is 2.22. The standard InChI is InChI=1S/C19H19ClN2O6S/c1-19(2,3)18-21-14-8-11(4-6-16(14)28-18)22-29(25,26)12-5-7-15(13(20)9-12)27-10-17(23)24/h4-9,22H,10H2,1-3H3,(H,23,24). The van der Waals surface area contributed by atoms with E-state index in [-0.39, 0.29) is 21.1 Å². The van der Waals surface area contributed by atoms with E-state index < -0.39 is 22.6 Å². The summed E-state index contributed by atoms with van der Waals surface area (Å²) in [4.78, 5) is 14.9. The van der Waals surface area contributed by atoms with Crippen LogP contribution in [0.3, 0.4) is 0 Å². The molecule has 8 nitrogen and oxygen atoms in total. The van der Waals surface area contributed by atoms with Crippen LogP contribution in [-0.4, -0.2) is 31.1 Å². The summed E-state index contributed by atoms with van der Waals surface area (Å²) in [7, 11) is -3.94. The van der Waals surface area contributed by atoms with Crippen molar-refractivity contribution in [3.8, 4) is 5.75 Å². The van der Waals surface area contributed by atoms with Crippen molar-refractivity contribution in [2.75, 3.05) is 11.3 Å². The van der Waals surface area contributed by atoms with Gasteiger partial charge in [-0.25, -0.2) is 18.2 Å². The Hall–Kier alpha value is -2.78. The Balaban J connectivity index is 1.85. The number of sulfonamides is 1. The fourth-order valence-corrected chi connectivity index (χ4v) is 3.81. The number of nitrogens with zero attached hydrogens (tertiary/aromatic N) is 1. The zero-order valence-electron chi connectivity index (χ0n) is 15.9. The molecule has 0 amide bonds. The van der Waals surface area contributed by atoms with Crippen LogP contribution in [0.4, 0.5) is 5.69 Å². The molecule has 0 spiro atoms. The molecule has 2 N–H and O–H groups in total. The number of aromatic nitrogens is 1. The molecule has 2 aromatic carbocycles. The maximum atomic E-state index is 12.7. The molecule has 0 aliphatic carbocycles. The van der Waals surface area contributed by atoms with Crippen molar-refractivity contribution in [2.24, 2.45) is 0 Å². The third-order valence-electron chi connectivity index (χ3n) is 3.85. The van der Waals surface area contributed by atoms with Gasteiger partial charge in [-0.15, -0.1) is 0 Å². The van der Waals surface area contributed by atoms with E-state index in [1.165, 1.54) is 18.2 Å². The third-order valence-corrected chi connectivity index (χ3v) is 5.52. The number of ether oxygens (including phenoxy) is 1. The minimum absolute atomic E-state index is 0.0177. The monoisotopic (exact) mass is 438 g/mol. The lowest BCUT2D eigenvalue weighted by Crippen LogP contribution is -2.13. The van der Waals surface area contributed by atoms with Crippen LogP contribution < -0.4 is 9.46 Å². The van der Waals surface area contributed by atoms with E-state index in [2.05, 4.69) is 9.71 Å². The second-order valence-corrected chi connectivity index (χ2v) is 9.42. The number of rotatable bonds is 6. The molecule has 3 aromatic rings. The molecule has 154 valence electrons. The Morgan fingerprint density at radius 2 is 1.97 bits per heavy atom. The van der Waals surface area contributed by atoms with Gasteiger partial charge in [0, 0.05) is 5.41 Å². The van der Waals surface area contributed by atoms with E-state index in [4.69, 9.17) is 25.9 Å². The van der Waals surface area contributed by atoms with Crippen molar-refractivity contribution in [3.63, 3.8) is 0 Å². The molecule has 29 heavy (non-hydrogen) atoms. The van der Waals surface area contributed by atoms with Crippen LogP contribution in [0.2, 0.25) is 5.02 Å². The summed E-state index contributed by atoms with van der Waals surface area (Å²) in [6, 6.07) is 8.56. The minimum atomic E-state index is -3.94. The molecule has 1 aromatic heterocycles. The maximum Gasteiger partial charge on any atom is 0.341 e. The normalized spacial score (nSPS) is 12.1. The summed E-state index contributed by atoms with van der Waals surface area (Å²) in [6.45, 7) is 5.32. The number of halogens is 1. The van der Waals surface area contributed by atoms with Crippen LogP contribution in [0, 0.1) is 0 Å². The topological polar surface area (TPSA) is 119 Å². The molecule has 0 saturated heterocycles. The Morgan fingerprint density at radius 3 is 2.59 bits per heavy atom. The average Bonchev–Trinajstić information content (AvgIpc) is 3.04. The number of hydrogen-bond acceptors (Lipinski definition) is 6. The van der Waals surface area contributed by atoms with Crippen molar-refractivity contribution in [1.82, 2.24) is 4.98 Å². The maximum absolute atomic E-state index is 12.7. The van der Waals surface area contributed by atoms with E-state index >= 15 is 0 Å². The first-order valence-corrected chi connectivity index (χ1v) is 10.4. The summed E-state index contributed by atoms with van der Waals surface area (Å²) >= 11 is 6.01. The number of carboxylic acid groups (broad SMARTS) is 1. The number of nitrogens with one attached hydrogen (secondary N) is 1. The smallest absolute Gasteiger partial charge is 0.341 e. The van der Waals surface area contributed by atoms with E-state index in [0.29, 0.717) is 22.7 Å². The number of hydrogen-bond donors (Lipinski definition) is 2. The largest absolute Gasteiger partial charge is 0.480 e. The molecule has 0 atom stereocenters. The zero-order chi connectivity index (χ0) is 21.4. The van der Waals surface area contributed by atoms with E-state index in [1.807, 2.05) is 20.8 Å². The first kappa shape index (κ1) is 20.9. The predicted octanol–water partition coefficient (Wildman–Crippen LogP) is 4.04. The molecule has 1 heterocycles. The van der Waals surface area contributed by atoms with Gasteiger partial charge < -0.3 is 14.3 Å². The van der Waals surface area contributed by atoms with Crippen LogP contribution in [0.15, 0.2) is 45.7 Å². The molecule has 3 rings (SSSR count). The Bertz CT molecular complexity index is 1180. The molecule has 0 radical (unpaired) electrons. The number of anilines is 1. The molecular formula is C19H19ClN2O6S. The average molecular weight is 439 g/mol. The fourth-order valence-electron chi connectivity index (χ4n) is 2.43.